The molecule has 1 aromatic carbocycles. The van der Waals surface area contributed by atoms with Gasteiger partial charge in [-0.05, 0) is 25.0 Å². The molecule has 6 nitrogen and oxygen atoms in total. The van der Waals surface area contributed by atoms with Gasteiger partial charge in [-0.25, -0.2) is 0 Å². The highest BCUT2D eigenvalue weighted by Crippen LogP contribution is 2.32. The van der Waals surface area contributed by atoms with E-state index in [1.165, 1.54) is 0 Å². The summed E-state index contributed by atoms with van der Waals surface area (Å²) in [7, 11) is 0. The summed E-state index contributed by atoms with van der Waals surface area (Å²) >= 11 is 0. The number of anilines is 1. The molecule has 1 saturated heterocycles. The van der Waals surface area contributed by atoms with Crippen molar-refractivity contribution in [2.45, 2.75) is 19.4 Å². The molecule has 124 valence electrons. The molecule has 0 aromatic heterocycles. The van der Waals surface area contributed by atoms with E-state index >= 15 is 0 Å². The van der Waals surface area contributed by atoms with E-state index in [1.54, 1.807) is 9.80 Å². The molecule has 2 amide bonds. The molecule has 2 N–H and O–H groups in total. The number of amides is 2. The number of para-hydroxylation sites is 1. The third-order valence-electron chi connectivity index (χ3n) is 4.71. The summed E-state index contributed by atoms with van der Waals surface area (Å²) in [5.74, 6) is -0.796. The van der Waals surface area contributed by atoms with Crippen LogP contribution in [0.3, 0.4) is 0 Å². The number of hydrogen-bond acceptors (Lipinski definition) is 4. The van der Waals surface area contributed by atoms with Crippen LogP contribution < -0.4 is 10.6 Å². The van der Waals surface area contributed by atoms with Crippen LogP contribution in [-0.2, 0) is 16.0 Å². The van der Waals surface area contributed by atoms with E-state index in [0.717, 1.165) is 37.3 Å². The predicted octanol–water partition coefficient (Wildman–Crippen LogP) is 0.0671. The molecule has 0 saturated carbocycles. The Morgan fingerprint density at radius 2 is 1.83 bits per heavy atom. The Morgan fingerprint density at radius 1 is 1.13 bits per heavy atom. The van der Waals surface area contributed by atoms with E-state index in [1.807, 2.05) is 31.2 Å². The highest BCUT2D eigenvalue weighted by molar-refractivity contribution is 6.40. The number of carbonyl (C=O) groups is 2. The van der Waals surface area contributed by atoms with Crippen LogP contribution in [0.4, 0.5) is 5.69 Å². The van der Waals surface area contributed by atoms with Gasteiger partial charge in [0.2, 0.25) is 0 Å². The molecule has 2 heterocycles. The van der Waals surface area contributed by atoms with Crippen LogP contribution in [0.15, 0.2) is 24.3 Å². The lowest BCUT2D eigenvalue weighted by atomic mass is 10.1. The SMILES string of the molecule is CC1Cc2ccccc2N1C(=O)C(=O)N1CCN(CCN)CC1. The summed E-state index contributed by atoms with van der Waals surface area (Å²) in [6.07, 6.45) is 0.805. The van der Waals surface area contributed by atoms with Crippen molar-refractivity contribution in [3.63, 3.8) is 0 Å². The average molecular weight is 316 g/mol. The quantitative estimate of drug-likeness (QED) is 0.784. The molecule has 0 spiro atoms. The highest BCUT2D eigenvalue weighted by atomic mass is 16.2. The van der Waals surface area contributed by atoms with Crippen molar-refractivity contribution >= 4 is 17.5 Å². The second-order valence-corrected chi connectivity index (χ2v) is 6.28. The van der Waals surface area contributed by atoms with E-state index < -0.39 is 5.91 Å². The van der Waals surface area contributed by atoms with Crippen LogP contribution in [0.2, 0.25) is 0 Å². The fourth-order valence-corrected chi connectivity index (χ4v) is 3.47. The first-order chi connectivity index (χ1) is 11.1. The number of piperazine rings is 1. The van der Waals surface area contributed by atoms with Gasteiger partial charge in [-0.3, -0.25) is 14.5 Å². The van der Waals surface area contributed by atoms with Crippen molar-refractivity contribution in [3.8, 4) is 0 Å². The molecule has 1 fully saturated rings. The van der Waals surface area contributed by atoms with Gasteiger partial charge >= 0.3 is 11.8 Å². The molecular formula is C17H24N4O2. The molecule has 0 radical (unpaired) electrons. The maximum Gasteiger partial charge on any atom is 0.316 e. The van der Waals surface area contributed by atoms with Crippen molar-refractivity contribution in [2.75, 3.05) is 44.2 Å². The standard InChI is InChI=1S/C17H24N4O2/c1-13-12-14-4-2-3-5-15(14)21(13)17(23)16(22)20-10-8-19(7-6-18)9-11-20/h2-5,13H,6-12,18H2,1H3. The Morgan fingerprint density at radius 3 is 2.52 bits per heavy atom. The van der Waals surface area contributed by atoms with Crippen LogP contribution in [0.1, 0.15) is 12.5 Å². The Bertz CT molecular complexity index is 596. The highest BCUT2D eigenvalue weighted by Gasteiger charge is 2.36. The molecule has 0 bridgehead atoms. The summed E-state index contributed by atoms with van der Waals surface area (Å²) < 4.78 is 0. The normalized spacial score (nSPS) is 21.4. The minimum absolute atomic E-state index is 0.0300. The number of benzene rings is 1. The zero-order valence-electron chi connectivity index (χ0n) is 13.6. The van der Waals surface area contributed by atoms with Gasteiger partial charge < -0.3 is 15.5 Å². The van der Waals surface area contributed by atoms with Crippen LogP contribution in [0, 0.1) is 0 Å². The van der Waals surface area contributed by atoms with Crippen LogP contribution in [0.5, 0.6) is 0 Å². The number of nitrogens with two attached hydrogens (primary N) is 1. The van der Waals surface area contributed by atoms with Crippen molar-refractivity contribution in [1.29, 1.82) is 0 Å². The first-order valence-electron chi connectivity index (χ1n) is 8.24. The monoisotopic (exact) mass is 316 g/mol. The van der Waals surface area contributed by atoms with Crippen LogP contribution >= 0.6 is 0 Å². The molecule has 3 rings (SSSR count). The number of fused-ring (bicyclic) bond motifs is 1. The zero-order valence-corrected chi connectivity index (χ0v) is 13.6. The summed E-state index contributed by atoms with van der Waals surface area (Å²) in [6, 6.07) is 7.85. The molecular weight excluding hydrogens is 292 g/mol. The van der Waals surface area contributed by atoms with Gasteiger partial charge in [0.25, 0.3) is 0 Å². The third-order valence-corrected chi connectivity index (χ3v) is 4.71. The van der Waals surface area contributed by atoms with Gasteiger partial charge in [0, 0.05) is 51.0 Å². The largest absolute Gasteiger partial charge is 0.332 e. The lowest BCUT2D eigenvalue weighted by molar-refractivity contribution is -0.145. The van der Waals surface area contributed by atoms with Crippen molar-refractivity contribution in [2.24, 2.45) is 5.73 Å². The third kappa shape index (κ3) is 3.09. The van der Waals surface area contributed by atoms with Gasteiger partial charge in [-0.15, -0.1) is 0 Å². The van der Waals surface area contributed by atoms with Crippen molar-refractivity contribution in [1.82, 2.24) is 9.80 Å². The van der Waals surface area contributed by atoms with Crippen LogP contribution in [0.25, 0.3) is 0 Å². The summed E-state index contributed by atoms with van der Waals surface area (Å²) in [4.78, 5) is 30.9. The van der Waals surface area contributed by atoms with E-state index in [-0.39, 0.29) is 11.9 Å². The minimum atomic E-state index is -0.408. The van der Waals surface area contributed by atoms with Gasteiger partial charge in [0.15, 0.2) is 0 Å². The number of nitrogens with zero attached hydrogens (tertiary/aromatic N) is 3. The van der Waals surface area contributed by atoms with E-state index in [4.69, 9.17) is 5.73 Å². The summed E-state index contributed by atoms with van der Waals surface area (Å²) in [5, 5.41) is 0. The summed E-state index contributed by atoms with van der Waals surface area (Å²) in [6.45, 7) is 6.19. The number of hydrogen-bond donors (Lipinski definition) is 1. The molecule has 1 atom stereocenters. The molecule has 1 unspecified atom stereocenters. The van der Waals surface area contributed by atoms with Crippen LogP contribution in [-0.4, -0.2) is 66.9 Å². The molecule has 2 aliphatic rings. The van der Waals surface area contributed by atoms with Gasteiger partial charge in [0.05, 0.1) is 0 Å². The zero-order chi connectivity index (χ0) is 16.4. The van der Waals surface area contributed by atoms with Crippen molar-refractivity contribution in [3.05, 3.63) is 29.8 Å². The maximum atomic E-state index is 12.7. The number of rotatable bonds is 2. The maximum absolute atomic E-state index is 12.7. The van der Waals surface area contributed by atoms with Gasteiger partial charge in [0.1, 0.15) is 0 Å². The Hall–Kier alpha value is -1.92. The molecule has 1 aromatic rings. The first-order valence-corrected chi connectivity index (χ1v) is 8.24. The second-order valence-electron chi connectivity index (χ2n) is 6.28. The fourth-order valence-electron chi connectivity index (χ4n) is 3.47. The Kier molecular flexibility index (Phi) is 4.63. The smallest absolute Gasteiger partial charge is 0.316 e. The Balaban J connectivity index is 1.68. The van der Waals surface area contributed by atoms with Gasteiger partial charge in [-0.1, -0.05) is 18.2 Å². The first kappa shape index (κ1) is 16.0. The predicted molar refractivity (Wildman–Crippen MR) is 89.2 cm³/mol. The molecule has 2 aliphatic heterocycles. The average Bonchev–Trinajstić information content (AvgIpc) is 2.90. The second kappa shape index (κ2) is 6.68. The lowest BCUT2D eigenvalue weighted by Gasteiger charge is -2.35. The number of carbonyl (C=O) groups excluding carboxylic acids is 2. The van der Waals surface area contributed by atoms with E-state index in [9.17, 15) is 9.59 Å². The summed E-state index contributed by atoms with van der Waals surface area (Å²) in [5.41, 5.74) is 7.57. The van der Waals surface area contributed by atoms with E-state index in [2.05, 4.69) is 4.90 Å². The molecule has 6 heteroatoms. The minimum Gasteiger partial charge on any atom is -0.332 e. The van der Waals surface area contributed by atoms with Gasteiger partial charge in [-0.2, -0.15) is 0 Å². The Labute approximate surface area is 136 Å². The lowest BCUT2D eigenvalue weighted by Crippen LogP contribution is -2.54. The van der Waals surface area contributed by atoms with Crippen molar-refractivity contribution < 1.29 is 9.59 Å². The molecule has 23 heavy (non-hydrogen) atoms. The fraction of sp³-hybridized carbons (Fsp3) is 0.529. The topological polar surface area (TPSA) is 69.9 Å². The van der Waals surface area contributed by atoms with E-state index in [0.29, 0.717) is 19.6 Å². The molecule has 0 aliphatic carbocycles.